The van der Waals surface area contributed by atoms with Crippen LogP contribution in [-0.4, -0.2) is 51.6 Å². The minimum Gasteiger partial charge on any atom is -0.497 e. The van der Waals surface area contributed by atoms with Gasteiger partial charge >= 0.3 is 0 Å². The Morgan fingerprint density at radius 3 is 2.45 bits per heavy atom. The average Bonchev–Trinajstić information content (AvgIpc) is 3.23. The maximum atomic E-state index is 14.3. The lowest BCUT2D eigenvalue weighted by Gasteiger charge is -2.34. The molecule has 0 radical (unpaired) electrons. The number of anilines is 2. The van der Waals surface area contributed by atoms with E-state index in [0.717, 1.165) is 50.3 Å². The molecule has 2 atom stereocenters. The van der Waals surface area contributed by atoms with E-state index in [-0.39, 0.29) is 24.1 Å². The van der Waals surface area contributed by atoms with Crippen LogP contribution < -0.4 is 19.3 Å². The van der Waals surface area contributed by atoms with Crippen molar-refractivity contribution in [3.05, 3.63) is 48.3 Å². The molecule has 0 amide bonds. The molecule has 6 nitrogen and oxygen atoms in total. The molecular weight excluding hydrogens is 421 g/mol. The van der Waals surface area contributed by atoms with Crippen LogP contribution in [0.1, 0.15) is 32.6 Å². The number of piperidine rings is 1. The summed E-state index contributed by atoms with van der Waals surface area (Å²) in [5, 5.41) is 9.20. The number of rotatable bonds is 8. The third-order valence-electron chi connectivity index (χ3n) is 6.51. The highest BCUT2D eigenvalue weighted by Gasteiger charge is 2.32. The fourth-order valence-corrected chi connectivity index (χ4v) is 4.83. The Bertz CT molecular complexity index is 954. The Morgan fingerprint density at radius 1 is 1.06 bits per heavy atom. The summed E-state index contributed by atoms with van der Waals surface area (Å²) in [6.45, 7) is 4.96. The second-order valence-electron chi connectivity index (χ2n) is 8.60. The summed E-state index contributed by atoms with van der Waals surface area (Å²) in [5.41, 5.74) is 1.67. The van der Waals surface area contributed by atoms with Gasteiger partial charge in [0.2, 0.25) is 0 Å². The van der Waals surface area contributed by atoms with Crippen molar-refractivity contribution >= 4 is 11.4 Å². The SMILES string of the molecule is CCO[C@@H]1C[C@H](CC#N)N(c2ccc(OC3CCN(c4cc(OC)ccc4F)CC3)cc2)C1. The number of hydrogen-bond acceptors (Lipinski definition) is 6. The van der Waals surface area contributed by atoms with Gasteiger partial charge in [-0.3, -0.25) is 0 Å². The Morgan fingerprint density at radius 2 is 1.79 bits per heavy atom. The van der Waals surface area contributed by atoms with E-state index < -0.39 is 0 Å². The first kappa shape index (κ1) is 23.2. The Kier molecular flexibility index (Phi) is 7.56. The zero-order chi connectivity index (χ0) is 23.2. The molecule has 176 valence electrons. The van der Waals surface area contributed by atoms with Gasteiger partial charge in [0.05, 0.1) is 31.4 Å². The van der Waals surface area contributed by atoms with Crippen molar-refractivity contribution < 1.29 is 18.6 Å². The second kappa shape index (κ2) is 10.8. The molecule has 2 heterocycles. The van der Waals surface area contributed by atoms with Gasteiger partial charge in [0.25, 0.3) is 0 Å². The van der Waals surface area contributed by atoms with Gasteiger partial charge in [0.15, 0.2) is 0 Å². The fraction of sp³-hybridized carbons (Fsp3) is 0.500. The van der Waals surface area contributed by atoms with Crippen LogP contribution in [0.5, 0.6) is 11.5 Å². The van der Waals surface area contributed by atoms with Crippen molar-refractivity contribution in [1.82, 2.24) is 0 Å². The molecular formula is C26H32FN3O3. The predicted octanol–water partition coefficient (Wildman–Crippen LogP) is 4.78. The van der Waals surface area contributed by atoms with Gasteiger partial charge in [0.1, 0.15) is 23.4 Å². The first-order chi connectivity index (χ1) is 16.1. The Hall–Kier alpha value is -2.98. The van der Waals surface area contributed by atoms with Crippen LogP contribution in [0.4, 0.5) is 15.8 Å². The lowest BCUT2D eigenvalue weighted by molar-refractivity contribution is 0.0766. The number of methoxy groups -OCH3 is 1. The molecule has 0 aliphatic carbocycles. The van der Waals surface area contributed by atoms with Gasteiger partial charge < -0.3 is 24.0 Å². The molecule has 2 saturated heterocycles. The summed E-state index contributed by atoms with van der Waals surface area (Å²) in [6.07, 6.45) is 3.29. The van der Waals surface area contributed by atoms with Crippen LogP contribution in [0.3, 0.4) is 0 Å². The monoisotopic (exact) mass is 453 g/mol. The first-order valence-corrected chi connectivity index (χ1v) is 11.7. The number of nitriles is 1. The van der Waals surface area contributed by atoms with Gasteiger partial charge in [-0.25, -0.2) is 4.39 Å². The molecule has 0 aromatic heterocycles. The lowest BCUT2D eigenvalue weighted by atomic mass is 10.1. The van der Waals surface area contributed by atoms with Gasteiger partial charge in [-0.05, 0) is 49.7 Å². The highest BCUT2D eigenvalue weighted by Crippen LogP contribution is 2.32. The van der Waals surface area contributed by atoms with E-state index in [1.54, 1.807) is 19.2 Å². The van der Waals surface area contributed by atoms with Crippen molar-refractivity contribution in [2.75, 3.05) is 43.2 Å². The summed E-state index contributed by atoms with van der Waals surface area (Å²) in [4.78, 5) is 4.33. The van der Waals surface area contributed by atoms with Crippen molar-refractivity contribution in [3.8, 4) is 17.6 Å². The van der Waals surface area contributed by atoms with E-state index in [1.807, 2.05) is 19.1 Å². The van der Waals surface area contributed by atoms with Crippen molar-refractivity contribution in [3.63, 3.8) is 0 Å². The summed E-state index contributed by atoms with van der Waals surface area (Å²) >= 11 is 0. The van der Waals surface area contributed by atoms with E-state index >= 15 is 0 Å². The molecule has 0 spiro atoms. The van der Waals surface area contributed by atoms with E-state index in [0.29, 0.717) is 24.5 Å². The highest BCUT2D eigenvalue weighted by atomic mass is 19.1. The highest BCUT2D eigenvalue weighted by molar-refractivity contribution is 5.53. The molecule has 33 heavy (non-hydrogen) atoms. The average molecular weight is 454 g/mol. The van der Waals surface area contributed by atoms with Crippen molar-refractivity contribution in [2.45, 2.75) is 50.9 Å². The minimum atomic E-state index is -0.228. The summed E-state index contributed by atoms with van der Waals surface area (Å²) < 4.78 is 31.6. The lowest BCUT2D eigenvalue weighted by Crippen LogP contribution is -2.38. The van der Waals surface area contributed by atoms with E-state index in [1.165, 1.54) is 6.07 Å². The first-order valence-electron chi connectivity index (χ1n) is 11.7. The molecule has 0 saturated carbocycles. The van der Waals surface area contributed by atoms with Crippen LogP contribution in [0, 0.1) is 17.1 Å². The van der Waals surface area contributed by atoms with Gasteiger partial charge in [-0.15, -0.1) is 0 Å². The number of nitrogens with zero attached hydrogens (tertiary/aromatic N) is 3. The van der Waals surface area contributed by atoms with Crippen LogP contribution in [0.15, 0.2) is 42.5 Å². The van der Waals surface area contributed by atoms with Crippen LogP contribution in [0.25, 0.3) is 0 Å². The normalized spacial score (nSPS) is 21.2. The Labute approximate surface area is 195 Å². The molecule has 2 aromatic carbocycles. The van der Waals surface area contributed by atoms with Gasteiger partial charge in [-0.2, -0.15) is 5.26 Å². The molecule has 7 heteroatoms. The summed E-state index contributed by atoms with van der Waals surface area (Å²) in [6, 6.07) is 15.5. The van der Waals surface area contributed by atoms with E-state index in [2.05, 4.69) is 28.0 Å². The van der Waals surface area contributed by atoms with Crippen molar-refractivity contribution in [1.29, 1.82) is 5.26 Å². The van der Waals surface area contributed by atoms with Gasteiger partial charge in [-0.1, -0.05) is 0 Å². The van der Waals surface area contributed by atoms with Crippen LogP contribution >= 0.6 is 0 Å². The van der Waals surface area contributed by atoms with E-state index in [9.17, 15) is 9.65 Å². The third kappa shape index (κ3) is 5.51. The molecule has 2 fully saturated rings. The van der Waals surface area contributed by atoms with Crippen molar-refractivity contribution in [2.24, 2.45) is 0 Å². The van der Waals surface area contributed by atoms with Crippen LogP contribution in [0.2, 0.25) is 0 Å². The predicted molar refractivity (Wildman–Crippen MR) is 127 cm³/mol. The number of benzene rings is 2. The third-order valence-corrected chi connectivity index (χ3v) is 6.51. The number of halogens is 1. The molecule has 2 aromatic rings. The molecule has 0 bridgehead atoms. The van der Waals surface area contributed by atoms with Gasteiger partial charge in [0, 0.05) is 56.9 Å². The fourth-order valence-electron chi connectivity index (χ4n) is 4.83. The topological polar surface area (TPSA) is 58.0 Å². The zero-order valence-electron chi connectivity index (χ0n) is 19.4. The van der Waals surface area contributed by atoms with E-state index in [4.69, 9.17) is 14.2 Å². The molecule has 4 rings (SSSR count). The molecule has 0 unspecified atom stereocenters. The summed E-state index contributed by atoms with van der Waals surface area (Å²) in [5.74, 6) is 1.27. The zero-order valence-corrected chi connectivity index (χ0v) is 19.4. The smallest absolute Gasteiger partial charge is 0.146 e. The number of hydrogen-bond donors (Lipinski definition) is 0. The maximum absolute atomic E-state index is 14.3. The number of ether oxygens (including phenoxy) is 3. The second-order valence-corrected chi connectivity index (χ2v) is 8.60. The molecule has 2 aliphatic rings. The maximum Gasteiger partial charge on any atom is 0.146 e. The largest absolute Gasteiger partial charge is 0.497 e. The quantitative estimate of drug-likeness (QED) is 0.573. The van der Waals surface area contributed by atoms with Crippen LogP contribution in [-0.2, 0) is 4.74 Å². The molecule has 2 aliphatic heterocycles. The summed E-state index contributed by atoms with van der Waals surface area (Å²) in [7, 11) is 1.59. The minimum absolute atomic E-state index is 0.0984. The Balaban J connectivity index is 1.33. The molecule has 0 N–H and O–H groups in total. The standard InChI is InChI=1S/C26H32FN3O3/c1-3-32-24-16-20(10-13-28)30(18-24)19-4-6-21(7-5-19)33-22-11-14-29(15-12-22)26-17-23(31-2)8-9-25(26)27/h4-9,17,20,22,24H,3,10-12,14-16,18H2,1-2H3/t20-,24+/m0/s1.